The Morgan fingerprint density at radius 1 is 0.843 bits per heavy atom. The minimum atomic E-state index is -6.16. The molecule has 0 radical (unpaired) electrons. The Morgan fingerprint density at radius 2 is 1.55 bits per heavy atom. The van der Waals surface area contributed by atoms with Crippen molar-refractivity contribution in [3.63, 3.8) is 0 Å². The van der Waals surface area contributed by atoms with Gasteiger partial charge >= 0.3 is 5.51 Å². The number of amides is 5. The minimum absolute atomic E-state index is 0.0119. The number of allylic oxidation sites excluding steroid dienone is 1. The number of benzene rings is 4. The number of piperazine rings is 1. The number of alkyl halides is 3. The van der Waals surface area contributed by atoms with E-state index >= 15 is 0 Å². The van der Waals surface area contributed by atoms with Gasteiger partial charge in [0.1, 0.15) is 10.9 Å². The van der Waals surface area contributed by atoms with Gasteiger partial charge in [0.2, 0.25) is 11.8 Å². The van der Waals surface area contributed by atoms with Crippen LogP contribution < -0.4 is 25.6 Å². The molecule has 7 aliphatic rings. The van der Waals surface area contributed by atoms with Crippen LogP contribution in [0, 0.1) is 16.2 Å². The molecule has 4 aliphatic carbocycles. The fourth-order valence-corrected chi connectivity index (χ4v) is 16.2. The maximum atomic E-state index is 14.5. The van der Waals surface area contributed by atoms with Crippen LogP contribution in [-0.4, -0.2) is 144 Å². The van der Waals surface area contributed by atoms with Crippen molar-refractivity contribution in [3.8, 4) is 0 Å². The molecule has 1 unspecified atom stereocenters. The minimum Gasteiger partial charge on any atom is -0.384 e. The number of sulfonamides is 1. The zero-order chi connectivity index (χ0) is 59.3. The van der Waals surface area contributed by atoms with Crippen LogP contribution in [-0.2, 0) is 29.4 Å². The number of carbonyl (C=O) groups excluding carboxylic acids is 5. The molecule has 2 saturated heterocycles. The number of carbonyl (C=O) groups is 5. The van der Waals surface area contributed by atoms with Gasteiger partial charge in [-0.05, 0) is 161 Å². The standard InChI is InChI=1S/C60H71F3N8O9S3/c1-57(2)24-22-40(46(33-57)59-36-58(3,37-59)38-59)34-69-28-30-70(31-29-69)42-16-14-39(15-17-42)53(73)67-83(79,80)44-18-19-47(50(32-44)82(77,78)60(61,62)63)65-41(35-81-43-10-6-5-7-11-43)23-27-68(4)26-9-25-64-48-13-8-12-45-52(48)56(76)71(55(45)75)49-20-21-51(72)66-54(49)74/h5-8,10-19,32,41,49,64-65H,9,20-31,33-38H2,1-4H3,(H,67,73)(H,66,72,74)/t41-,49?,58?,59?/m1/s1. The normalized spacial score (nSPS) is 23.1. The summed E-state index contributed by atoms with van der Waals surface area (Å²) in [5.41, 5.74) is -0.163. The summed E-state index contributed by atoms with van der Waals surface area (Å²) in [6, 6.07) is 20.9. The average Bonchev–Trinajstić information content (AvgIpc) is 1.23. The maximum absolute atomic E-state index is 14.5. The number of rotatable bonds is 22. The van der Waals surface area contributed by atoms with Crippen molar-refractivity contribution in [2.45, 2.75) is 117 Å². The Bertz CT molecular complexity index is 3440. The van der Waals surface area contributed by atoms with Gasteiger partial charge in [0.25, 0.3) is 37.6 Å². The highest BCUT2D eigenvalue weighted by Crippen LogP contribution is 2.77. The summed E-state index contributed by atoms with van der Waals surface area (Å²) in [4.78, 5) is 71.0. The molecular formula is C60H71F3N8O9S3. The topological polar surface area (TPSA) is 215 Å². The molecule has 4 aromatic carbocycles. The van der Waals surface area contributed by atoms with Crippen molar-refractivity contribution in [2.24, 2.45) is 16.2 Å². The van der Waals surface area contributed by atoms with E-state index in [2.05, 4.69) is 46.5 Å². The highest BCUT2D eigenvalue weighted by Gasteiger charge is 2.67. The lowest BCUT2D eigenvalue weighted by atomic mass is 9.33. The number of fused-ring (bicyclic) bond motifs is 1. The fraction of sp³-hybridized carbons (Fsp3) is 0.483. The van der Waals surface area contributed by atoms with E-state index in [1.807, 2.05) is 47.0 Å². The van der Waals surface area contributed by atoms with Crippen molar-refractivity contribution in [1.29, 1.82) is 0 Å². The van der Waals surface area contributed by atoms with Gasteiger partial charge in [0, 0.05) is 79.3 Å². The van der Waals surface area contributed by atoms with E-state index in [1.165, 1.54) is 62.1 Å². The van der Waals surface area contributed by atoms with E-state index < -0.39 is 82.5 Å². The summed E-state index contributed by atoms with van der Waals surface area (Å²) < 4.78 is 99.5. The Morgan fingerprint density at radius 3 is 2.23 bits per heavy atom. The Hall–Kier alpha value is -6.27. The van der Waals surface area contributed by atoms with Crippen molar-refractivity contribution in [1.82, 2.24) is 24.7 Å². The first-order valence-corrected chi connectivity index (χ1v) is 32.2. The van der Waals surface area contributed by atoms with E-state index in [4.69, 9.17) is 0 Å². The lowest BCUT2D eigenvalue weighted by Gasteiger charge is -2.72. The molecule has 4 N–H and O–H groups in total. The molecule has 2 bridgehead atoms. The number of halogens is 3. The highest BCUT2D eigenvalue weighted by atomic mass is 32.2. The summed E-state index contributed by atoms with van der Waals surface area (Å²) >= 11 is 1.38. The lowest BCUT2D eigenvalue weighted by Crippen LogP contribution is -2.61. The van der Waals surface area contributed by atoms with Crippen LogP contribution in [0.1, 0.15) is 116 Å². The molecule has 11 rings (SSSR count). The third kappa shape index (κ3) is 12.7. The first-order valence-electron chi connectivity index (χ1n) is 28.3. The van der Waals surface area contributed by atoms with E-state index in [1.54, 1.807) is 35.4 Å². The number of hydrogen-bond acceptors (Lipinski definition) is 15. The van der Waals surface area contributed by atoms with Crippen molar-refractivity contribution in [2.75, 3.05) is 80.7 Å². The molecule has 444 valence electrons. The second-order valence-corrected chi connectivity index (χ2v) is 29.1. The van der Waals surface area contributed by atoms with E-state index in [0.29, 0.717) is 54.1 Å². The molecule has 5 amide bonds. The average molecular weight is 1200 g/mol. The fourth-order valence-electron chi connectivity index (χ4n) is 13.2. The summed E-state index contributed by atoms with van der Waals surface area (Å²) in [6.45, 7) is 12.7. The monoisotopic (exact) mass is 1200 g/mol. The van der Waals surface area contributed by atoms with E-state index in [9.17, 15) is 54.0 Å². The quantitative estimate of drug-likeness (QED) is 0.0251. The molecule has 5 fully saturated rings. The Kier molecular flexibility index (Phi) is 16.8. The number of nitrogens with one attached hydrogen (secondary N) is 4. The van der Waals surface area contributed by atoms with Crippen LogP contribution in [0.3, 0.4) is 0 Å². The smallest absolute Gasteiger partial charge is 0.384 e. The van der Waals surface area contributed by atoms with E-state index in [-0.39, 0.29) is 41.7 Å². The van der Waals surface area contributed by atoms with Crippen LogP contribution in [0.5, 0.6) is 0 Å². The summed E-state index contributed by atoms with van der Waals surface area (Å²) in [5.74, 6) is -3.26. The van der Waals surface area contributed by atoms with Gasteiger partial charge in [-0.2, -0.15) is 13.2 Å². The van der Waals surface area contributed by atoms with Crippen molar-refractivity contribution >= 4 is 78.2 Å². The Labute approximate surface area is 487 Å². The molecule has 0 spiro atoms. The number of nitrogens with zero attached hydrogens (tertiary/aromatic N) is 4. The van der Waals surface area contributed by atoms with Crippen LogP contribution in [0.25, 0.3) is 0 Å². The molecule has 2 atom stereocenters. The van der Waals surface area contributed by atoms with Crippen LogP contribution in [0.2, 0.25) is 0 Å². The molecule has 3 heterocycles. The second-order valence-electron chi connectivity index (χ2n) is 24.4. The van der Waals surface area contributed by atoms with Gasteiger partial charge < -0.3 is 20.4 Å². The summed E-state index contributed by atoms with van der Waals surface area (Å²) in [7, 11) is -9.25. The SMILES string of the molecule is CN(CCCNc1cccc2c1C(=O)N(C1CCC(=O)NC1=O)C2=O)CC[C@H](CSc1ccccc1)Nc1ccc(S(=O)(=O)NC(=O)c2ccc(N3CCN(CC4=C(C56CC(C)(C5)C6)CC(C)(C)CC4)CC3)cc2)cc1S(=O)(=O)C(F)(F)F. The number of anilines is 3. The summed E-state index contributed by atoms with van der Waals surface area (Å²) in [6.07, 6.45) is 8.31. The molecule has 83 heavy (non-hydrogen) atoms. The molecule has 3 saturated carbocycles. The maximum Gasteiger partial charge on any atom is 0.501 e. The van der Waals surface area contributed by atoms with Gasteiger partial charge in [0.05, 0.1) is 21.7 Å². The summed E-state index contributed by atoms with van der Waals surface area (Å²) in [5, 5.41) is 8.38. The van der Waals surface area contributed by atoms with E-state index in [0.717, 1.165) is 66.8 Å². The van der Waals surface area contributed by atoms with Crippen LogP contribution >= 0.6 is 11.8 Å². The third-order valence-corrected chi connectivity index (χ3v) is 21.4. The number of sulfone groups is 1. The lowest BCUT2D eigenvalue weighted by molar-refractivity contribution is -0.167. The van der Waals surface area contributed by atoms with Crippen molar-refractivity contribution < 1.29 is 54.0 Å². The second kappa shape index (κ2) is 23.3. The highest BCUT2D eigenvalue weighted by molar-refractivity contribution is 7.99. The number of hydrogen-bond donors (Lipinski definition) is 4. The van der Waals surface area contributed by atoms with Gasteiger partial charge in [-0.15, -0.1) is 11.8 Å². The van der Waals surface area contributed by atoms with Gasteiger partial charge in [-0.3, -0.25) is 39.1 Å². The molecule has 17 nitrogen and oxygen atoms in total. The predicted octanol–water partition coefficient (Wildman–Crippen LogP) is 8.72. The molecule has 4 aromatic rings. The zero-order valence-corrected chi connectivity index (χ0v) is 49.5. The Balaban J connectivity index is 0.763. The van der Waals surface area contributed by atoms with Gasteiger partial charge in [0.15, 0.2) is 0 Å². The molecular weight excluding hydrogens is 1130 g/mol. The predicted molar refractivity (Wildman–Crippen MR) is 311 cm³/mol. The molecule has 3 aliphatic heterocycles. The number of piperidine rings is 1. The number of thioether (sulfide) groups is 1. The first-order chi connectivity index (χ1) is 39.2. The van der Waals surface area contributed by atoms with Gasteiger partial charge in [-0.1, -0.05) is 56.2 Å². The van der Waals surface area contributed by atoms with Crippen molar-refractivity contribution in [3.05, 3.63) is 119 Å². The van der Waals surface area contributed by atoms with Gasteiger partial charge in [-0.25, -0.2) is 21.6 Å². The third-order valence-electron chi connectivity index (χ3n) is 17.4. The largest absolute Gasteiger partial charge is 0.501 e. The van der Waals surface area contributed by atoms with Crippen LogP contribution in [0.15, 0.2) is 117 Å². The molecule has 0 aromatic heterocycles. The first kappa shape index (κ1) is 59.9. The molecule has 23 heteroatoms. The number of imide groups is 2. The zero-order valence-electron chi connectivity index (χ0n) is 47.1. The van der Waals surface area contributed by atoms with Crippen LogP contribution in [0.4, 0.5) is 30.2 Å².